The maximum absolute atomic E-state index is 12.4. The van der Waals surface area contributed by atoms with Crippen LogP contribution in [0.3, 0.4) is 0 Å². The van der Waals surface area contributed by atoms with Crippen molar-refractivity contribution >= 4 is 23.5 Å². The van der Waals surface area contributed by atoms with Gasteiger partial charge in [-0.3, -0.25) is 14.4 Å². The van der Waals surface area contributed by atoms with Gasteiger partial charge < -0.3 is 15.7 Å². The van der Waals surface area contributed by atoms with Crippen LogP contribution in [0.15, 0.2) is 36.4 Å². The molecule has 0 heterocycles. The Kier molecular flexibility index (Phi) is 5.51. The van der Waals surface area contributed by atoms with Crippen LogP contribution < -0.4 is 10.6 Å². The average molecular weight is 316 g/mol. The predicted octanol–water partition coefficient (Wildman–Crippen LogP) is 2.04. The van der Waals surface area contributed by atoms with Crippen LogP contribution in [0.25, 0.3) is 0 Å². The largest absolute Gasteiger partial charge is 0.481 e. The van der Waals surface area contributed by atoms with E-state index in [1.165, 1.54) is 0 Å². The summed E-state index contributed by atoms with van der Waals surface area (Å²) in [6.45, 7) is 2.34. The minimum atomic E-state index is -0.967. The minimum absolute atomic E-state index is 0.215. The number of aliphatic carboxylic acids is 1. The first-order valence-corrected chi connectivity index (χ1v) is 7.60. The molecule has 1 aliphatic carbocycles. The quantitative estimate of drug-likeness (QED) is 0.724. The number of rotatable bonds is 5. The number of hydrogen-bond acceptors (Lipinski definition) is 3. The summed E-state index contributed by atoms with van der Waals surface area (Å²) in [6, 6.07) is 6.59. The molecule has 2 rings (SSSR count). The highest BCUT2D eigenvalue weighted by molar-refractivity contribution is 5.98. The maximum Gasteiger partial charge on any atom is 0.307 e. The Bertz CT molecular complexity index is 639. The molecule has 6 nitrogen and oxygen atoms in total. The highest BCUT2D eigenvalue weighted by Gasteiger charge is 2.33. The van der Waals surface area contributed by atoms with Gasteiger partial charge in [0, 0.05) is 17.8 Å². The topological polar surface area (TPSA) is 95.5 Å². The molecule has 1 aliphatic rings. The van der Waals surface area contributed by atoms with E-state index in [0.717, 1.165) is 0 Å². The molecule has 1 aromatic rings. The number of anilines is 1. The van der Waals surface area contributed by atoms with Gasteiger partial charge in [0.15, 0.2) is 0 Å². The molecule has 0 saturated carbocycles. The summed E-state index contributed by atoms with van der Waals surface area (Å²) in [6.07, 6.45) is 4.37. The Balaban J connectivity index is 2.10. The predicted molar refractivity (Wildman–Crippen MR) is 86.1 cm³/mol. The van der Waals surface area contributed by atoms with Gasteiger partial charge in [0.05, 0.1) is 11.8 Å². The smallest absolute Gasteiger partial charge is 0.307 e. The first-order chi connectivity index (χ1) is 11.0. The van der Waals surface area contributed by atoms with Crippen molar-refractivity contribution in [2.75, 3.05) is 11.9 Å². The first-order valence-electron chi connectivity index (χ1n) is 7.60. The molecule has 23 heavy (non-hydrogen) atoms. The highest BCUT2D eigenvalue weighted by atomic mass is 16.4. The van der Waals surface area contributed by atoms with Crippen LogP contribution in [0.2, 0.25) is 0 Å². The molecule has 6 heteroatoms. The molecule has 122 valence electrons. The molecule has 0 radical (unpaired) electrons. The number of carbonyl (C=O) groups is 3. The van der Waals surface area contributed by atoms with Crippen molar-refractivity contribution in [2.24, 2.45) is 11.8 Å². The molecule has 2 atom stereocenters. The van der Waals surface area contributed by atoms with E-state index in [1.54, 1.807) is 30.3 Å². The van der Waals surface area contributed by atoms with Gasteiger partial charge in [0.25, 0.3) is 5.91 Å². The lowest BCUT2D eigenvalue weighted by Gasteiger charge is -2.24. The van der Waals surface area contributed by atoms with E-state index < -0.39 is 17.8 Å². The summed E-state index contributed by atoms with van der Waals surface area (Å²) >= 11 is 0. The molecule has 0 bridgehead atoms. The van der Waals surface area contributed by atoms with Crippen LogP contribution in [0, 0.1) is 11.8 Å². The molecule has 2 amide bonds. The second kappa shape index (κ2) is 7.58. The Morgan fingerprint density at radius 2 is 1.87 bits per heavy atom. The zero-order valence-corrected chi connectivity index (χ0v) is 12.9. The number of amides is 2. The molecule has 3 N–H and O–H groups in total. The van der Waals surface area contributed by atoms with Crippen LogP contribution in [0.5, 0.6) is 0 Å². The van der Waals surface area contributed by atoms with Gasteiger partial charge in [-0.25, -0.2) is 0 Å². The van der Waals surface area contributed by atoms with E-state index in [-0.39, 0.29) is 11.8 Å². The van der Waals surface area contributed by atoms with Gasteiger partial charge in [-0.05, 0) is 38.0 Å². The third kappa shape index (κ3) is 4.18. The Labute approximate surface area is 134 Å². The fraction of sp³-hybridized carbons (Fsp3) is 0.353. The SMILES string of the molecule is CCNC(=O)c1cccc(NC(=O)[C@@H]2CC=CC[C@H]2C(=O)O)c1. The molecule has 0 unspecified atom stereocenters. The van der Waals surface area contributed by atoms with Gasteiger partial charge in [0.2, 0.25) is 5.91 Å². The molecular formula is C17H20N2O4. The molecule has 0 spiro atoms. The normalized spacial score (nSPS) is 19.9. The van der Waals surface area contributed by atoms with Crippen molar-refractivity contribution < 1.29 is 19.5 Å². The minimum Gasteiger partial charge on any atom is -0.481 e. The van der Waals surface area contributed by atoms with Crippen LogP contribution >= 0.6 is 0 Å². The van der Waals surface area contributed by atoms with E-state index in [1.807, 2.05) is 13.0 Å². The summed E-state index contributed by atoms with van der Waals surface area (Å²) < 4.78 is 0. The standard InChI is InChI=1S/C17H20N2O4/c1-2-18-15(20)11-6-5-7-12(10-11)19-16(21)13-8-3-4-9-14(13)17(22)23/h3-7,10,13-14H,2,8-9H2,1H3,(H,18,20)(H,19,21)(H,22,23)/t13-,14-/m1/s1. The lowest BCUT2D eigenvalue weighted by molar-refractivity contribution is -0.146. The van der Waals surface area contributed by atoms with Crippen molar-refractivity contribution in [3.63, 3.8) is 0 Å². The van der Waals surface area contributed by atoms with Crippen LogP contribution in [-0.2, 0) is 9.59 Å². The van der Waals surface area contributed by atoms with Gasteiger partial charge >= 0.3 is 5.97 Å². The zero-order valence-electron chi connectivity index (χ0n) is 12.9. The fourth-order valence-corrected chi connectivity index (χ4v) is 2.61. The van der Waals surface area contributed by atoms with Crippen molar-refractivity contribution in [2.45, 2.75) is 19.8 Å². The third-order valence-electron chi connectivity index (χ3n) is 3.82. The summed E-state index contributed by atoms with van der Waals surface area (Å²) in [7, 11) is 0. The second-order valence-electron chi connectivity index (χ2n) is 5.42. The molecule has 0 aromatic heterocycles. The number of allylic oxidation sites excluding steroid dienone is 2. The highest BCUT2D eigenvalue weighted by Crippen LogP contribution is 2.27. The Hall–Kier alpha value is -2.63. The number of carbonyl (C=O) groups excluding carboxylic acids is 2. The summed E-state index contributed by atoms with van der Waals surface area (Å²) in [5, 5.41) is 14.6. The first kappa shape index (κ1) is 16.7. The molecular weight excluding hydrogens is 296 g/mol. The van der Waals surface area contributed by atoms with E-state index in [9.17, 15) is 19.5 Å². The summed E-state index contributed by atoms with van der Waals surface area (Å²) in [4.78, 5) is 35.5. The van der Waals surface area contributed by atoms with E-state index >= 15 is 0 Å². The number of carboxylic acid groups (broad SMARTS) is 1. The number of benzene rings is 1. The van der Waals surface area contributed by atoms with Crippen LogP contribution in [-0.4, -0.2) is 29.4 Å². The van der Waals surface area contributed by atoms with Crippen molar-refractivity contribution in [3.8, 4) is 0 Å². The van der Waals surface area contributed by atoms with Crippen LogP contribution in [0.1, 0.15) is 30.1 Å². The Morgan fingerprint density at radius 3 is 2.52 bits per heavy atom. The van der Waals surface area contributed by atoms with Gasteiger partial charge in [-0.15, -0.1) is 0 Å². The molecule has 0 saturated heterocycles. The van der Waals surface area contributed by atoms with Gasteiger partial charge in [0.1, 0.15) is 0 Å². The number of hydrogen-bond donors (Lipinski definition) is 3. The van der Waals surface area contributed by atoms with Gasteiger partial charge in [-0.2, -0.15) is 0 Å². The molecule has 0 aliphatic heterocycles. The van der Waals surface area contributed by atoms with Crippen LogP contribution in [0.4, 0.5) is 5.69 Å². The number of nitrogens with one attached hydrogen (secondary N) is 2. The van der Waals surface area contributed by atoms with Crippen molar-refractivity contribution in [1.29, 1.82) is 0 Å². The second-order valence-corrected chi connectivity index (χ2v) is 5.42. The van der Waals surface area contributed by atoms with E-state index in [4.69, 9.17) is 0 Å². The maximum atomic E-state index is 12.4. The average Bonchev–Trinajstić information content (AvgIpc) is 2.55. The van der Waals surface area contributed by atoms with Crippen molar-refractivity contribution in [3.05, 3.63) is 42.0 Å². The summed E-state index contributed by atoms with van der Waals surface area (Å²) in [5.41, 5.74) is 0.931. The van der Waals surface area contributed by atoms with Gasteiger partial charge in [-0.1, -0.05) is 18.2 Å². The number of carboxylic acids is 1. The third-order valence-corrected chi connectivity index (χ3v) is 3.82. The lowest BCUT2D eigenvalue weighted by Crippen LogP contribution is -2.34. The fourth-order valence-electron chi connectivity index (χ4n) is 2.61. The monoisotopic (exact) mass is 316 g/mol. The molecule has 0 fully saturated rings. The van der Waals surface area contributed by atoms with E-state index in [2.05, 4.69) is 10.6 Å². The Morgan fingerprint density at radius 1 is 1.17 bits per heavy atom. The zero-order chi connectivity index (χ0) is 16.8. The molecule has 1 aromatic carbocycles. The van der Waals surface area contributed by atoms with E-state index in [0.29, 0.717) is 30.6 Å². The lowest BCUT2D eigenvalue weighted by atomic mass is 9.82. The van der Waals surface area contributed by atoms with Crippen molar-refractivity contribution in [1.82, 2.24) is 5.32 Å². The summed E-state index contributed by atoms with van der Waals surface area (Å²) in [5.74, 6) is -2.84.